The van der Waals surface area contributed by atoms with Crippen molar-refractivity contribution in [1.82, 2.24) is 0 Å². The van der Waals surface area contributed by atoms with Crippen LogP contribution < -0.4 is 0 Å². The lowest BCUT2D eigenvalue weighted by Crippen LogP contribution is -2.37. The number of hydrogen-bond donors (Lipinski definition) is 0. The molecule has 0 amide bonds. The zero-order valence-corrected chi connectivity index (χ0v) is 14.7. The molecule has 0 fully saturated rings. The number of carbonyl (C=O) groups excluding carboxylic acids is 2. The van der Waals surface area contributed by atoms with Gasteiger partial charge in [0.1, 0.15) is 0 Å². The first-order chi connectivity index (χ1) is 11.8. The molecule has 0 aliphatic carbocycles. The molecule has 1 atom stereocenters. The minimum Gasteiger partial charge on any atom is -0.466 e. The van der Waals surface area contributed by atoms with Gasteiger partial charge in [0.05, 0.1) is 20.1 Å². The first-order valence-electron chi connectivity index (χ1n) is 7.96. The Morgan fingerprint density at radius 3 is 2.44 bits per heavy atom. The van der Waals surface area contributed by atoms with Crippen molar-refractivity contribution < 1.29 is 24.0 Å². The smallest absolute Gasteiger partial charge is 0.334 e. The topological polar surface area (TPSA) is 95.7 Å². The maximum absolute atomic E-state index is 12.1. The van der Waals surface area contributed by atoms with E-state index in [1.54, 1.807) is 37.3 Å². The van der Waals surface area contributed by atoms with Crippen molar-refractivity contribution in [3.8, 4) is 0 Å². The van der Waals surface area contributed by atoms with Crippen LogP contribution in [0.4, 0.5) is 0 Å². The Morgan fingerprint density at radius 1 is 1.28 bits per heavy atom. The molecular weight excluding hydrogens is 326 g/mol. The van der Waals surface area contributed by atoms with Crippen LogP contribution in [0.3, 0.4) is 0 Å². The summed E-state index contributed by atoms with van der Waals surface area (Å²) in [4.78, 5) is 34.7. The third-order valence-corrected chi connectivity index (χ3v) is 3.77. The van der Waals surface area contributed by atoms with E-state index in [0.717, 1.165) is 5.56 Å². The van der Waals surface area contributed by atoms with Crippen LogP contribution >= 0.6 is 0 Å². The number of benzene rings is 1. The summed E-state index contributed by atoms with van der Waals surface area (Å²) in [7, 11) is 1.23. The summed E-state index contributed by atoms with van der Waals surface area (Å²) in [5, 5.41) is 11.6. The lowest BCUT2D eigenvalue weighted by atomic mass is 9.88. The van der Waals surface area contributed by atoms with E-state index in [1.807, 2.05) is 6.07 Å². The van der Waals surface area contributed by atoms with E-state index in [0.29, 0.717) is 0 Å². The van der Waals surface area contributed by atoms with Gasteiger partial charge >= 0.3 is 11.9 Å². The van der Waals surface area contributed by atoms with Gasteiger partial charge in [-0.3, -0.25) is 14.9 Å². The van der Waals surface area contributed by atoms with Gasteiger partial charge in [-0.2, -0.15) is 0 Å². The summed E-state index contributed by atoms with van der Waals surface area (Å²) in [6, 6.07) is 8.99. The van der Waals surface area contributed by atoms with Crippen LogP contribution in [-0.2, 0) is 19.1 Å². The highest BCUT2D eigenvalue weighted by Gasteiger charge is 2.40. The number of rotatable bonds is 9. The van der Waals surface area contributed by atoms with E-state index < -0.39 is 22.4 Å². The largest absolute Gasteiger partial charge is 0.466 e. The van der Waals surface area contributed by atoms with E-state index in [2.05, 4.69) is 0 Å². The maximum Gasteiger partial charge on any atom is 0.334 e. The van der Waals surface area contributed by atoms with Crippen LogP contribution in [0.15, 0.2) is 35.9 Å². The third kappa shape index (κ3) is 6.37. The Balaban J connectivity index is 3.04. The van der Waals surface area contributed by atoms with Gasteiger partial charge in [-0.15, -0.1) is 0 Å². The molecule has 0 aliphatic rings. The molecule has 136 valence electrons. The van der Waals surface area contributed by atoms with Crippen LogP contribution in [0.1, 0.15) is 38.7 Å². The standard InChI is InChI=1S/C18H23NO6/c1-4-25-16(20)10-11-18(2,19(22)23)13-15(17(21)24-3)12-14-8-6-5-7-9-14/h5-9,12H,4,10-11,13H2,1-3H3/b15-12+. The minimum atomic E-state index is -1.48. The molecule has 0 saturated heterocycles. The molecule has 1 aromatic carbocycles. The highest BCUT2D eigenvalue weighted by Crippen LogP contribution is 2.27. The van der Waals surface area contributed by atoms with Gasteiger partial charge in [-0.25, -0.2) is 4.79 Å². The van der Waals surface area contributed by atoms with E-state index in [9.17, 15) is 19.7 Å². The molecule has 7 nitrogen and oxygen atoms in total. The number of methoxy groups -OCH3 is 1. The minimum absolute atomic E-state index is 0.0397. The van der Waals surface area contributed by atoms with Crippen LogP contribution in [0.25, 0.3) is 6.08 Å². The van der Waals surface area contributed by atoms with Gasteiger partial charge in [0.15, 0.2) is 0 Å². The van der Waals surface area contributed by atoms with Crippen molar-refractivity contribution in [2.75, 3.05) is 13.7 Å². The quantitative estimate of drug-likeness (QED) is 0.294. The SMILES string of the molecule is CCOC(=O)CCC(C)(C/C(=C\c1ccccc1)C(=O)OC)[N+](=O)[O-]. The Morgan fingerprint density at radius 2 is 1.92 bits per heavy atom. The third-order valence-electron chi connectivity index (χ3n) is 3.77. The van der Waals surface area contributed by atoms with Crippen molar-refractivity contribution in [3.05, 3.63) is 51.6 Å². The average Bonchev–Trinajstić information content (AvgIpc) is 2.59. The fourth-order valence-electron chi connectivity index (χ4n) is 2.32. The highest BCUT2D eigenvalue weighted by molar-refractivity contribution is 5.93. The fourth-order valence-corrected chi connectivity index (χ4v) is 2.32. The molecule has 1 aromatic rings. The Bertz CT molecular complexity index is 640. The normalized spacial score (nSPS) is 13.6. The van der Waals surface area contributed by atoms with E-state index in [-0.39, 0.29) is 31.4 Å². The number of carbonyl (C=O) groups is 2. The number of hydrogen-bond acceptors (Lipinski definition) is 6. The fraction of sp³-hybridized carbons (Fsp3) is 0.444. The summed E-state index contributed by atoms with van der Waals surface area (Å²) in [6.45, 7) is 3.30. The number of nitro groups is 1. The van der Waals surface area contributed by atoms with Crippen molar-refractivity contribution in [3.63, 3.8) is 0 Å². The Labute approximate surface area is 146 Å². The van der Waals surface area contributed by atoms with Gasteiger partial charge < -0.3 is 9.47 Å². The predicted octanol–water partition coefficient (Wildman–Crippen LogP) is 3.01. The molecule has 0 bridgehead atoms. The molecule has 0 heterocycles. The number of nitrogens with zero attached hydrogens (tertiary/aromatic N) is 1. The first-order valence-corrected chi connectivity index (χ1v) is 7.96. The monoisotopic (exact) mass is 349 g/mol. The molecule has 0 aromatic heterocycles. The zero-order valence-electron chi connectivity index (χ0n) is 14.7. The maximum atomic E-state index is 12.1. The molecule has 0 saturated carbocycles. The van der Waals surface area contributed by atoms with Crippen LogP contribution in [-0.4, -0.2) is 36.1 Å². The lowest BCUT2D eigenvalue weighted by molar-refractivity contribution is -0.565. The van der Waals surface area contributed by atoms with Crippen LogP contribution in [0, 0.1) is 10.1 Å². The molecular formula is C18H23NO6. The summed E-state index contributed by atoms with van der Waals surface area (Å²) in [5.74, 6) is -1.13. The van der Waals surface area contributed by atoms with Crippen LogP contribution in [0.2, 0.25) is 0 Å². The van der Waals surface area contributed by atoms with E-state index in [1.165, 1.54) is 14.0 Å². The first kappa shape index (κ1) is 20.3. The molecule has 1 unspecified atom stereocenters. The molecule has 1 rings (SSSR count). The van der Waals surface area contributed by atoms with Gasteiger partial charge in [-0.1, -0.05) is 30.3 Å². The van der Waals surface area contributed by atoms with Crippen molar-refractivity contribution in [2.24, 2.45) is 0 Å². The summed E-state index contributed by atoms with van der Waals surface area (Å²) < 4.78 is 9.57. The Hall–Kier alpha value is -2.70. The predicted molar refractivity (Wildman–Crippen MR) is 92.3 cm³/mol. The van der Waals surface area contributed by atoms with E-state index >= 15 is 0 Å². The van der Waals surface area contributed by atoms with Gasteiger partial charge in [0.2, 0.25) is 5.54 Å². The number of esters is 2. The second kappa shape index (κ2) is 9.56. The van der Waals surface area contributed by atoms with Crippen LogP contribution in [0.5, 0.6) is 0 Å². The molecule has 0 aliphatic heterocycles. The molecule has 0 spiro atoms. The van der Waals surface area contributed by atoms with Crippen molar-refractivity contribution >= 4 is 18.0 Å². The number of ether oxygens (including phenoxy) is 2. The van der Waals surface area contributed by atoms with E-state index in [4.69, 9.17) is 9.47 Å². The summed E-state index contributed by atoms with van der Waals surface area (Å²) in [6.07, 6.45) is 1.28. The van der Waals surface area contributed by atoms with Gasteiger partial charge in [0, 0.05) is 30.3 Å². The lowest BCUT2D eigenvalue weighted by Gasteiger charge is -2.21. The molecule has 0 radical (unpaired) electrons. The second-order valence-electron chi connectivity index (χ2n) is 5.81. The molecule has 25 heavy (non-hydrogen) atoms. The zero-order chi connectivity index (χ0) is 18.9. The van der Waals surface area contributed by atoms with Gasteiger partial charge in [-0.05, 0) is 18.6 Å². The van der Waals surface area contributed by atoms with Gasteiger partial charge in [0.25, 0.3) is 0 Å². The molecule has 7 heteroatoms. The van der Waals surface area contributed by atoms with Crippen molar-refractivity contribution in [1.29, 1.82) is 0 Å². The second-order valence-corrected chi connectivity index (χ2v) is 5.81. The summed E-state index contributed by atoms with van der Waals surface area (Å²) in [5.41, 5.74) is -0.572. The Kier molecular flexibility index (Phi) is 7.78. The molecule has 0 N–H and O–H groups in total. The van der Waals surface area contributed by atoms with Crippen molar-refractivity contribution in [2.45, 2.75) is 38.6 Å². The average molecular weight is 349 g/mol. The summed E-state index contributed by atoms with van der Waals surface area (Å²) >= 11 is 0. The highest BCUT2D eigenvalue weighted by atomic mass is 16.6.